The molecule has 4 rings (SSSR count). The summed E-state index contributed by atoms with van der Waals surface area (Å²) in [5.41, 5.74) is 2.40. The Morgan fingerprint density at radius 2 is 2.11 bits per heavy atom. The van der Waals surface area contributed by atoms with Crippen LogP contribution in [0.5, 0.6) is 11.5 Å². The van der Waals surface area contributed by atoms with E-state index in [1.807, 2.05) is 29.7 Å². The number of fused-ring (bicyclic) bond motifs is 1. The fourth-order valence-electron chi connectivity index (χ4n) is 3.57. The summed E-state index contributed by atoms with van der Waals surface area (Å²) in [5, 5.41) is 0. The van der Waals surface area contributed by atoms with Crippen molar-refractivity contribution in [3.05, 3.63) is 52.8 Å². The van der Waals surface area contributed by atoms with Crippen molar-refractivity contribution in [2.24, 2.45) is 0 Å². The summed E-state index contributed by atoms with van der Waals surface area (Å²) in [6.07, 6.45) is 6.34. The number of hydrogen-bond donors (Lipinski definition) is 1. The van der Waals surface area contributed by atoms with Gasteiger partial charge in [-0.05, 0) is 55.9 Å². The zero-order valence-electron chi connectivity index (χ0n) is 16.2. The molecule has 0 unspecified atom stereocenters. The number of hydrogen-bond acceptors (Lipinski definition) is 5. The first kappa shape index (κ1) is 18.3. The van der Waals surface area contributed by atoms with Gasteiger partial charge in [0.1, 0.15) is 12.2 Å². The molecule has 2 aromatic heterocycles. The normalized spacial score (nSPS) is 14.5. The number of aromatic amines is 1. The molecule has 1 aliphatic carbocycles. The molecule has 0 bridgehead atoms. The van der Waals surface area contributed by atoms with Crippen LogP contribution < -0.4 is 15.0 Å². The van der Waals surface area contributed by atoms with Gasteiger partial charge in [0, 0.05) is 0 Å². The minimum absolute atomic E-state index is 0.245. The third-order valence-electron chi connectivity index (χ3n) is 5.07. The minimum atomic E-state index is -0.328. The number of H-pyrrole nitrogens is 1. The standard InChI is InChI=1S/C21H24N4O3/c1-13(2)19-23-18-20(24-19)25(12-22-21(18)26)11-14-8-9-16(27-3)17(10-14)28-15-6-4-5-7-15/h8-10,12,15H,1,4-7,11H2,2-3H3,(H,23,24). The van der Waals surface area contributed by atoms with Gasteiger partial charge < -0.3 is 19.0 Å². The maximum absolute atomic E-state index is 12.1. The number of ether oxygens (including phenoxy) is 2. The summed E-state index contributed by atoms with van der Waals surface area (Å²) in [5.74, 6) is 2.07. The van der Waals surface area contributed by atoms with Crippen molar-refractivity contribution in [1.29, 1.82) is 0 Å². The number of rotatable bonds is 6. The molecule has 0 atom stereocenters. The van der Waals surface area contributed by atoms with Crippen LogP contribution in [0.15, 0.2) is 35.9 Å². The van der Waals surface area contributed by atoms with Crippen LogP contribution in [0.25, 0.3) is 16.7 Å². The number of aromatic nitrogens is 4. The number of nitrogens with one attached hydrogen (secondary N) is 1. The first-order valence-corrected chi connectivity index (χ1v) is 9.50. The van der Waals surface area contributed by atoms with Crippen LogP contribution >= 0.6 is 0 Å². The molecule has 0 saturated heterocycles. The van der Waals surface area contributed by atoms with Gasteiger partial charge in [-0.2, -0.15) is 4.98 Å². The topological polar surface area (TPSA) is 82.0 Å². The summed E-state index contributed by atoms with van der Waals surface area (Å²) in [6.45, 7) is 6.24. The molecule has 3 aromatic rings. The van der Waals surface area contributed by atoms with Crippen molar-refractivity contribution in [3.63, 3.8) is 0 Å². The van der Waals surface area contributed by atoms with Gasteiger partial charge in [-0.1, -0.05) is 12.6 Å². The Morgan fingerprint density at radius 3 is 2.82 bits per heavy atom. The molecule has 7 heteroatoms. The Labute approximate surface area is 163 Å². The van der Waals surface area contributed by atoms with Crippen LogP contribution in [-0.2, 0) is 6.54 Å². The van der Waals surface area contributed by atoms with E-state index in [1.165, 1.54) is 19.2 Å². The third kappa shape index (κ3) is 3.52. The van der Waals surface area contributed by atoms with E-state index < -0.39 is 0 Å². The van der Waals surface area contributed by atoms with Gasteiger partial charge in [-0.3, -0.25) is 4.79 Å². The molecule has 1 saturated carbocycles. The molecule has 1 aromatic carbocycles. The fourth-order valence-corrected chi connectivity index (χ4v) is 3.57. The van der Waals surface area contributed by atoms with Crippen molar-refractivity contribution in [1.82, 2.24) is 19.5 Å². The lowest BCUT2D eigenvalue weighted by atomic mass is 10.2. The SMILES string of the molecule is C=C(C)c1nc2c([nH]1)c(=O)ncn2Cc1ccc(OC)c(OC2CCCC2)c1. The predicted molar refractivity (Wildman–Crippen MR) is 108 cm³/mol. The maximum Gasteiger partial charge on any atom is 0.298 e. The van der Waals surface area contributed by atoms with Gasteiger partial charge in [0.05, 0.1) is 19.8 Å². The number of allylic oxidation sites excluding steroid dienone is 1. The summed E-state index contributed by atoms with van der Waals surface area (Å²) < 4.78 is 13.5. The molecular weight excluding hydrogens is 356 g/mol. The number of benzene rings is 1. The van der Waals surface area contributed by atoms with Crippen LogP contribution in [0.3, 0.4) is 0 Å². The fraction of sp³-hybridized carbons (Fsp3) is 0.381. The lowest BCUT2D eigenvalue weighted by Crippen LogP contribution is -2.14. The molecule has 0 aliphatic heterocycles. The Hall–Kier alpha value is -3.09. The molecule has 1 N–H and O–H groups in total. The average Bonchev–Trinajstić information content (AvgIpc) is 3.35. The van der Waals surface area contributed by atoms with Crippen molar-refractivity contribution in [2.75, 3.05) is 7.11 Å². The molecule has 2 heterocycles. The van der Waals surface area contributed by atoms with Crippen molar-refractivity contribution in [3.8, 4) is 11.5 Å². The van der Waals surface area contributed by atoms with Crippen LogP contribution in [0, 0.1) is 0 Å². The van der Waals surface area contributed by atoms with Crippen molar-refractivity contribution < 1.29 is 9.47 Å². The second-order valence-electron chi connectivity index (χ2n) is 7.25. The summed E-state index contributed by atoms with van der Waals surface area (Å²) >= 11 is 0. The summed E-state index contributed by atoms with van der Waals surface area (Å²) in [6, 6.07) is 5.89. The van der Waals surface area contributed by atoms with Gasteiger partial charge >= 0.3 is 0 Å². The summed E-state index contributed by atoms with van der Waals surface area (Å²) in [7, 11) is 1.65. The second-order valence-corrected chi connectivity index (χ2v) is 7.25. The highest BCUT2D eigenvalue weighted by molar-refractivity contribution is 5.74. The van der Waals surface area contributed by atoms with E-state index in [1.54, 1.807) is 7.11 Å². The third-order valence-corrected chi connectivity index (χ3v) is 5.07. The van der Waals surface area contributed by atoms with E-state index in [0.717, 1.165) is 35.5 Å². The molecule has 146 valence electrons. The van der Waals surface area contributed by atoms with E-state index in [2.05, 4.69) is 21.5 Å². The van der Waals surface area contributed by atoms with Crippen LogP contribution in [0.4, 0.5) is 0 Å². The first-order chi connectivity index (χ1) is 13.5. The largest absolute Gasteiger partial charge is 0.493 e. The van der Waals surface area contributed by atoms with E-state index >= 15 is 0 Å². The van der Waals surface area contributed by atoms with Crippen LogP contribution in [0.2, 0.25) is 0 Å². The highest BCUT2D eigenvalue weighted by atomic mass is 16.5. The highest BCUT2D eigenvalue weighted by Gasteiger charge is 2.19. The Kier molecular flexibility index (Phi) is 4.90. The minimum Gasteiger partial charge on any atom is -0.493 e. The molecule has 28 heavy (non-hydrogen) atoms. The second kappa shape index (κ2) is 7.50. The van der Waals surface area contributed by atoms with E-state index in [4.69, 9.17) is 9.47 Å². The van der Waals surface area contributed by atoms with Crippen molar-refractivity contribution >= 4 is 16.7 Å². The Bertz CT molecular complexity index is 1080. The smallest absolute Gasteiger partial charge is 0.298 e. The van der Waals surface area contributed by atoms with E-state index in [9.17, 15) is 4.79 Å². The lowest BCUT2D eigenvalue weighted by molar-refractivity contribution is 0.200. The van der Waals surface area contributed by atoms with Gasteiger partial charge in [0.15, 0.2) is 22.7 Å². The maximum atomic E-state index is 12.1. The number of methoxy groups -OCH3 is 1. The quantitative estimate of drug-likeness (QED) is 0.707. The predicted octanol–water partition coefficient (Wildman–Crippen LogP) is 3.53. The monoisotopic (exact) mass is 380 g/mol. The van der Waals surface area contributed by atoms with Crippen LogP contribution in [0.1, 0.15) is 44.0 Å². The first-order valence-electron chi connectivity index (χ1n) is 9.50. The van der Waals surface area contributed by atoms with Crippen molar-refractivity contribution in [2.45, 2.75) is 45.3 Å². The highest BCUT2D eigenvalue weighted by Crippen LogP contribution is 2.32. The van der Waals surface area contributed by atoms with E-state index in [0.29, 0.717) is 23.5 Å². The van der Waals surface area contributed by atoms with E-state index in [-0.39, 0.29) is 11.7 Å². The Balaban J connectivity index is 1.68. The van der Waals surface area contributed by atoms with Gasteiger partial charge in [0.2, 0.25) is 0 Å². The van der Waals surface area contributed by atoms with Gasteiger partial charge in [-0.25, -0.2) is 4.98 Å². The van der Waals surface area contributed by atoms with Crippen LogP contribution in [-0.4, -0.2) is 32.7 Å². The molecule has 1 fully saturated rings. The average molecular weight is 380 g/mol. The van der Waals surface area contributed by atoms with Gasteiger partial charge in [0.25, 0.3) is 5.56 Å². The number of imidazole rings is 1. The lowest BCUT2D eigenvalue weighted by Gasteiger charge is -2.17. The molecular formula is C21H24N4O3. The molecule has 0 amide bonds. The molecule has 7 nitrogen and oxygen atoms in total. The Morgan fingerprint density at radius 1 is 1.32 bits per heavy atom. The molecule has 1 aliphatic rings. The number of nitrogens with zero attached hydrogens (tertiary/aromatic N) is 3. The summed E-state index contributed by atoms with van der Waals surface area (Å²) in [4.78, 5) is 23.6. The molecule has 0 radical (unpaired) electrons. The zero-order chi connectivity index (χ0) is 19.7. The molecule has 0 spiro atoms. The van der Waals surface area contributed by atoms with Gasteiger partial charge in [-0.15, -0.1) is 0 Å². The zero-order valence-corrected chi connectivity index (χ0v) is 16.2.